The van der Waals surface area contributed by atoms with Gasteiger partial charge in [-0.15, -0.1) is 0 Å². The van der Waals surface area contributed by atoms with Crippen molar-refractivity contribution in [3.8, 4) is 5.75 Å². The fourth-order valence-corrected chi connectivity index (χ4v) is 2.80. The van der Waals surface area contributed by atoms with E-state index < -0.39 is 0 Å². The molecule has 0 aliphatic heterocycles. The van der Waals surface area contributed by atoms with E-state index in [1.807, 2.05) is 12.1 Å². The minimum absolute atomic E-state index is 0.295. The number of hydrogen-bond acceptors (Lipinski definition) is 2. The van der Waals surface area contributed by atoms with Gasteiger partial charge in [-0.2, -0.15) is 0 Å². The zero-order valence-electron chi connectivity index (χ0n) is 14.2. The molecule has 0 amide bonds. The van der Waals surface area contributed by atoms with E-state index in [9.17, 15) is 5.11 Å². The Morgan fingerprint density at radius 3 is 2.22 bits per heavy atom. The van der Waals surface area contributed by atoms with E-state index >= 15 is 0 Å². The number of unbranched alkanes of at least 4 members (excludes halogenated alkanes) is 6. The van der Waals surface area contributed by atoms with Crippen LogP contribution in [0, 0.1) is 0 Å². The number of phenolic OH excluding ortho intramolecular Hbond substituents is 1. The summed E-state index contributed by atoms with van der Waals surface area (Å²) in [5.41, 5.74) is 3.49. The highest BCUT2D eigenvalue weighted by atomic mass is 16.3. The van der Waals surface area contributed by atoms with E-state index in [1.165, 1.54) is 50.5 Å². The SMILES string of the molecule is CCCCCCCCCc1cccc(Nc2ccc(O)cc2)c1. The van der Waals surface area contributed by atoms with Crippen LogP contribution < -0.4 is 5.32 Å². The zero-order chi connectivity index (χ0) is 16.3. The summed E-state index contributed by atoms with van der Waals surface area (Å²) in [6.07, 6.45) is 10.6. The van der Waals surface area contributed by atoms with Crippen LogP contribution in [0.15, 0.2) is 48.5 Å². The van der Waals surface area contributed by atoms with Gasteiger partial charge in [0.2, 0.25) is 0 Å². The molecule has 0 heterocycles. The maximum absolute atomic E-state index is 9.33. The quantitative estimate of drug-likeness (QED) is 0.391. The second-order valence-corrected chi connectivity index (χ2v) is 6.24. The van der Waals surface area contributed by atoms with E-state index in [4.69, 9.17) is 0 Å². The molecule has 0 aliphatic carbocycles. The molecule has 0 atom stereocenters. The number of rotatable bonds is 10. The van der Waals surface area contributed by atoms with Crippen LogP contribution in [-0.4, -0.2) is 5.11 Å². The van der Waals surface area contributed by atoms with Crippen molar-refractivity contribution < 1.29 is 5.11 Å². The standard InChI is InChI=1S/C21H29NO/c1-2-3-4-5-6-7-8-10-18-11-9-12-20(17-18)22-19-13-15-21(23)16-14-19/h9,11-17,22-23H,2-8,10H2,1H3. The van der Waals surface area contributed by atoms with Gasteiger partial charge in [-0.3, -0.25) is 0 Å². The Kier molecular flexibility index (Phi) is 7.51. The Labute approximate surface area is 140 Å². The van der Waals surface area contributed by atoms with Crippen LogP contribution in [-0.2, 0) is 6.42 Å². The molecule has 2 rings (SSSR count). The molecule has 0 saturated heterocycles. The van der Waals surface area contributed by atoms with Crippen molar-refractivity contribution in [2.45, 2.75) is 58.3 Å². The molecule has 0 aromatic heterocycles. The highest BCUT2D eigenvalue weighted by Crippen LogP contribution is 2.21. The lowest BCUT2D eigenvalue weighted by Gasteiger charge is -2.09. The van der Waals surface area contributed by atoms with Crippen molar-refractivity contribution in [2.24, 2.45) is 0 Å². The van der Waals surface area contributed by atoms with Gasteiger partial charge in [0.15, 0.2) is 0 Å². The fourth-order valence-electron chi connectivity index (χ4n) is 2.80. The van der Waals surface area contributed by atoms with Gasteiger partial charge in [-0.1, -0.05) is 57.6 Å². The number of phenols is 1. The molecule has 23 heavy (non-hydrogen) atoms. The molecule has 0 fully saturated rings. The second-order valence-electron chi connectivity index (χ2n) is 6.24. The number of nitrogens with one attached hydrogen (secondary N) is 1. The summed E-state index contributed by atoms with van der Waals surface area (Å²) < 4.78 is 0. The molecule has 0 spiro atoms. The first-order valence-corrected chi connectivity index (χ1v) is 8.93. The van der Waals surface area contributed by atoms with Gasteiger partial charge < -0.3 is 10.4 Å². The summed E-state index contributed by atoms with van der Waals surface area (Å²) in [5.74, 6) is 0.295. The maximum atomic E-state index is 9.33. The Hall–Kier alpha value is -1.96. The predicted molar refractivity (Wildman–Crippen MR) is 99.5 cm³/mol. The maximum Gasteiger partial charge on any atom is 0.115 e. The minimum Gasteiger partial charge on any atom is -0.508 e. The van der Waals surface area contributed by atoms with Gasteiger partial charge in [0.1, 0.15) is 5.75 Å². The van der Waals surface area contributed by atoms with Gasteiger partial charge in [0.25, 0.3) is 0 Å². The van der Waals surface area contributed by atoms with Crippen LogP contribution in [0.25, 0.3) is 0 Å². The molecule has 0 bridgehead atoms. The molecule has 2 N–H and O–H groups in total. The smallest absolute Gasteiger partial charge is 0.115 e. The first-order chi connectivity index (χ1) is 11.3. The van der Waals surface area contributed by atoms with Crippen LogP contribution in [0.4, 0.5) is 11.4 Å². The lowest BCUT2D eigenvalue weighted by Crippen LogP contribution is -1.92. The number of anilines is 2. The number of benzene rings is 2. The Morgan fingerprint density at radius 2 is 1.48 bits per heavy atom. The van der Waals surface area contributed by atoms with Crippen molar-refractivity contribution in [1.82, 2.24) is 0 Å². The molecular formula is C21H29NO. The molecule has 0 saturated carbocycles. The predicted octanol–water partition coefficient (Wildman–Crippen LogP) is 6.43. The topological polar surface area (TPSA) is 32.3 Å². The number of hydrogen-bond donors (Lipinski definition) is 2. The van der Waals surface area contributed by atoms with E-state index in [1.54, 1.807) is 12.1 Å². The van der Waals surface area contributed by atoms with E-state index in [-0.39, 0.29) is 0 Å². The highest BCUT2D eigenvalue weighted by molar-refractivity contribution is 5.60. The average Bonchev–Trinajstić information content (AvgIpc) is 2.57. The van der Waals surface area contributed by atoms with Crippen LogP contribution >= 0.6 is 0 Å². The first kappa shape index (κ1) is 17.4. The zero-order valence-corrected chi connectivity index (χ0v) is 14.2. The van der Waals surface area contributed by atoms with E-state index in [2.05, 4.69) is 36.5 Å². The highest BCUT2D eigenvalue weighted by Gasteiger charge is 1.99. The molecule has 2 aromatic carbocycles. The lowest BCUT2D eigenvalue weighted by molar-refractivity contribution is 0.475. The molecule has 2 aromatic rings. The van der Waals surface area contributed by atoms with Crippen molar-refractivity contribution >= 4 is 11.4 Å². The van der Waals surface area contributed by atoms with E-state index in [0.29, 0.717) is 5.75 Å². The molecule has 2 nitrogen and oxygen atoms in total. The lowest BCUT2D eigenvalue weighted by atomic mass is 10.0. The third-order valence-corrected chi connectivity index (χ3v) is 4.15. The van der Waals surface area contributed by atoms with Crippen LogP contribution in [0.2, 0.25) is 0 Å². The molecular weight excluding hydrogens is 282 g/mol. The third-order valence-electron chi connectivity index (χ3n) is 4.15. The summed E-state index contributed by atoms with van der Waals surface area (Å²) >= 11 is 0. The van der Waals surface area contributed by atoms with Crippen molar-refractivity contribution in [3.63, 3.8) is 0 Å². The Bertz CT molecular complexity index is 562. The number of aryl methyl sites for hydroxylation is 1. The van der Waals surface area contributed by atoms with Crippen LogP contribution in [0.1, 0.15) is 57.4 Å². The monoisotopic (exact) mass is 311 g/mol. The Balaban J connectivity index is 1.75. The van der Waals surface area contributed by atoms with Crippen molar-refractivity contribution in [1.29, 1.82) is 0 Å². The summed E-state index contributed by atoms with van der Waals surface area (Å²) in [7, 11) is 0. The molecule has 0 aliphatic rings. The fraction of sp³-hybridized carbons (Fsp3) is 0.429. The van der Waals surface area contributed by atoms with Gasteiger partial charge in [0, 0.05) is 11.4 Å². The summed E-state index contributed by atoms with van der Waals surface area (Å²) in [5, 5.41) is 12.7. The van der Waals surface area contributed by atoms with Gasteiger partial charge in [-0.05, 0) is 54.8 Å². The Morgan fingerprint density at radius 1 is 0.783 bits per heavy atom. The van der Waals surface area contributed by atoms with Gasteiger partial charge >= 0.3 is 0 Å². The number of aromatic hydroxyl groups is 1. The molecule has 0 radical (unpaired) electrons. The van der Waals surface area contributed by atoms with Crippen LogP contribution in [0.3, 0.4) is 0 Å². The second kappa shape index (κ2) is 9.94. The van der Waals surface area contributed by atoms with Crippen molar-refractivity contribution in [3.05, 3.63) is 54.1 Å². The molecule has 0 unspecified atom stereocenters. The third kappa shape index (κ3) is 6.77. The molecule has 2 heteroatoms. The first-order valence-electron chi connectivity index (χ1n) is 8.93. The van der Waals surface area contributed by atoms with Crippen molar-refractivity contribution in [2.75, 3.05) is 5.32 Å². The summed E-state index contributed by atoms with van der Waals surface area (Å²) in [6, 6.07) is 15.8. The van der Waals surface area contributed by atoms with E-state index in [0.717, 1.165) is 17.8 Å². The summed E-state index contributed by atoms with van der Waals surface area (Å²) in [6.45, 7) is 2.26. The summed E-state index contributed by atoms with van der Waals surface area (Å²) in [4.78, 5) is 0. The minimum atomic E-state index is 0.295. The normalized spacial score (nSPS) is 10.7. The van der Waals surface area contributed by atoms with Gasteiger partial charge in [0.05, 0.1) is 0 Å². The van der Waals surface area contributed by atoms with Crippen LogP contribution in [0.5, 0.6) is 5.75 Å². The van der Waals surface area contributed by atoms with Gasteiger partial charge in [-0.25, -0.2) is 0 Å². The average molecular weight is 311 g/mol. The largest absolute Gasteiger partial charge is 0.508 e. The molecule has 124 valence electrons.